The Balaban J connectivity index is -0.000000105. The Morgan fingerprint density at radius 3 is 1.90 bits per heavy atom. The summed E-state index contributed by atoms with van der Waals surface area (Å²) in [5.74, 6) is 5.34. The van der Waals surface area contributed by atoms with E-state index in [1.807, 2.05) is 0 Å². The molecule has 0 saturated heterocycles. The van der Waals surface area contributed by atoms with Crippen LogP contribution in [0, 0.1) is 19.8 Å². The zero-order valence-electron chi connectivity index (χ0n) is 6.47. The summed E-state index contributed by atoms with van der Waals surface area (Å²) in [5.41, 5.74) is 0. The molecule has 3 nitrogen and oxygen atoms in total. The normalized spacial score (nSPS) is 9.90. The van der Waals surface area contributed by atoms with Gasteiger partial charge in [-0.2, -0.15) is 12.3 Å². The molecule has 10 heavy (non-hydrogen) atoms. The van der Waals surface area contributed by atoms with Gasteiger partial charge < -0.3 is 25.0 Å². The molecule has 60 valence electrons. The summed E-state index contributed by atoms with van der Waals surface area (Å²) >= 11 is 0.125. The number of hydrogen-bond donors (Lipinski definition) is 1. The van der Waals surface area contributed by atoms with E-state index < -0.39 is 0 Å². The van der Waals surface area contributed by atoms with Gasteiger partial charge in [0.2, 0.25) is 0 Å². The van der Waals surface area contributed by atoms with Gasteiger partial charge in [-0.25, -0.2) is 0 Å². The van der Waals surface area contributed by atoms with E-state index in [4.69, 9.17) is 14.7 Å². The van der Waals surface area contributed by atoms with E-state index >= 15 is 0 Å². The van der Waals surface area contributed by atoms with Crippen molar-refractivity contribution in [3.05, 3.63) is 19.7 Å². The predicted molar refractivity (Wildman–Crippen MR) is 35.9 cm³/mol. The van der Waals surface area contributed by atoms with Crippen LogP contribution in [0.15, 0.2) is 0 Å². The molecule has 0 rings (SSSR count). The van der Waals surface area contributed by atoms with Gasteiger partial charge in [0, 0.05) is 0 Å². The summed E-state index contributed by atoms with van der Waals surface area (Å²) in [5, 5.41) is 6.25. The molecule has 0 heterocycles. The van der Waals surface area contributed by atoms with Crippen LogP contribution in [0.5, 0.6) is 0 Å². The van der Waals surface area contributed by atoms with E-state index in [0.717, 1.165) is 12.8 Å². The van der Waals surface area contributed by atoms with Crippen molar-refractivity contribution in [1.29, 1.82) is 0 Å². The fourth-order valence-electron chi connectivity index (χ4n) is 0.348. The van der Waals surface area contributed by atoms with Gasteiger partial charge in [-0.15, -0.1) is 6.42 Å². The van der Waals surface area contributed by atoms with Crippen molar-refractivity contribution in [3.8, 4) is 0 Å². The average Bonchev–Trinajstić information content (AvgIpc) is 1.96. The van der Waals surface area contributed by atoms with Gasteiger partial charge in [-0.3, -0.25) is 0 Å². The Bertz CT molecular complexity index is 44.7. The Labute approximate surface area is 72.9 Å². The first kappa shape index (κ1) is 16.7. The molecule has 2 N–H and O–H groups in total. The predicted octanol–water partition coefficient (Wildman–Crippen LogP) is 2.38. The number of nitrogens with one attached hydrogen (secondary N) is 1. The summed E-state index contributed by atoms with van der Waals surface area (Å²) in [6, 6.07) is 0. The molecule has 0 aromatic carbocycles. The zero-order chi connectivity index (χ0) is 8.99. The van der Waals surface area contributed by atoms with Gasteiger partial charge in [0.05, 0.1) is 0 Å². The SMILES string of the molecule is [CH2-]CCC([CH2-])C.[NH-]O.[O]=[Zn]. The topological polar surface area (TPSA) is 61.1 Å². The van der Waals surface area contributed by atoms with Crippen molar-refractivity contribution >= 4 is 0 Å². The van der Waals surface area contributed by atoms with E-state index in [2.05, 4.69) is 20.8 Å². The summed E-state index contributed by atoms with van der Waals surface area (Å²) in [6.07, 6.45) is 2.17. The van der Waals surface area contributed by atoms with Crippen LogP contribution in [0.2, 0.25) is 0 Å². The van der Waals surface area contributed by atoms with Crippen LogP contribution in [-0.2, 0) is 21.8 Å². The third-order valence-corrected chi connectivity index (χ3v) is 0.697. The second-order valence-corrected chi connectivity index (χ2v) is 1.75. The van der Waals surface area contributed by atoms with E-state index in [9.17, 15) is 0 Å². The molecule has 1 unspecified atom stereocenters. The first-order chi connectivity index (χ1) is 4.77. The van der Waals surface area contributed by atoms with Gasteiger partial charge >= 0.3 is 21.8 Å². The van der Waals surface area contributed by atoms with Gasteiger partial charge in [-0.1, -0.05) is 6.92 Å². The quantitative estimate of drug-likeness (QED) is 0.420. The fourth-order valence-corrected chi connectivity index (χ4v) is 0.348. The van der Waals surface area contributed by atoms with Gasteiger partial charge in [-0.05, 0) is 0 Å². The minimum atomic E-state index is 0.125. The van der Waals surface area contributed by atoms with E-state index in [1.165, 1.54) is 0 Å². The van der Waals surface area contributed by atoms with Crippen LogP contribution < -0.4 is 0 Å². The van der Waals surface area contributed by atoms with E-state index in [-0.39, 0.29) is 18.3 Å². The van der Waals surface area contributed by atoms with E-state index in [1.54, 1.807) is 0 Å². The van der Waals surface area contributed by atoms with Crippen LogP contribution in [0.1, 0.15) is 19.8 Å². The molecule has 0 fully saturated rings. The molecule has 0 aliphatic carbocycles. The fraction of sp³-hybridized carbons (Fsp3) is 0.667. The number of hydrogen-bond acceptors (Lipinski definition) is 2. The maximum atomic E-state index is 8.38. The Kier molecular flexibility index (Phi) is 38.1. The molecular weight excluding hydrogens is 183 g/mol. The molecule has 0 aromatic heterocycles. The first-order valence-electron chi connectivity index (χ1n) is 2.91. The second-order valence-electron chi connectivity index (χ2n) is 1.75. The van der Waals surface area contributed by atoms with E-state index in [0.29, 0.717) is 5.92 Å². The van der Waals surface area contributed by atoms with Crippen molar-refractivity contribution in [3.63, 3.8) is 0 Å². The molecule has 0 radical (unpaired) electrons. The second kappa shape index (κ2) is 22.8. The van der Waals surface area contributed by atoms with Gasteiger partial charge in [0.25, 0.3) is 0 Å². The monoisotopic (exact) mass is 196 g/mol. The Morgan fingerprint density at radius 1 is 1.60 bits per heavy atom. The molecular formula is C6H14NO2Zn-3. The summed E-state index contributed by atoms with van der Waals surface area (Å²) in [7, 11) is 0. The molecule has 0 aliphatic rings. The summed E-state index contributed by atoms with van der Waals surface area (Å²) < 4.78 is 8.38. The average molecular weight is 198 g/mol. The summed E-state index contributed by atoms with van der Waals surface area (Å²) in [4.78, 5) is 0. The molecule has 0 bridgehead atoms. The molecule has 0 aliphatic heterocycles. The Morgan fingerprint density at radius 2 is 1.90 bits per heavy atom. The van der Waals surface area contributed by atoms with Crippen molar-refractivity contribution in [1.82, 2.24) is 0 Å². The molecule has 0 amide bonds. The van der Waals surface area contributed by atoms with Crippen molar-refractivity contribution in [2.75, 3.05) is 0 Å². The maximum absolute atomic E-state index is 8.38. The van der Waals surface area contributed by atoms with Crippen molar-refractivity contribution < 1.29 is 27.0 Å². The summed E-state index contributed by atoms with van der Waals surface area (Å²) in [6.45, 7) is 9.58. The molecule has 4 heteroatoms. The minimum absolute atomic E-state index is 0.125. The molecule has 0 aromatic rings. The van der Waals surface area contributed by atoms with Crippen molar-refractivity contribution in [2.45, 2.75) is 19.8 Å². The van der Waals surface area contributed by atoms with Crippen molar-refractivity contribution in [2.24, 2.45) is 5.92 Å². The van der Waals surface area contributed by atoms with Crippen LogP contribution in [0.25, 0.3) is 5.90 Å². The zero-order valence-corrected chi connectivity index (χ0v) is 9.44. The van der Waals surface area contributed by atoms with Gasteiger partial charge in [0.1, 0.15) is 0 Å². The standard InChI is InChI=1S/C6H12.H2NO.O.Zn/c1-4-5-6(2)3;1-2;;/h6H,1-2,4-5H2,3H3;1-2H;;/q-2;-1;;. The van der Waals surface area contributed by atoms with Crippen LogP contribution in [0.4, 0.5) is 0 Å². The molecule has 0 saturated carbocycles. The van der Waals surface area contributed by atoms with Gasteiger partial charge in [0.15, 0.2) is 0 Å². The Hall–Kier alpha value is 0.343. The first-order valence-corrected chi connectivity index (χ1v) is 4.12. The molecule has 1 atom stereocenters. The van der Waals surface area contributed by atoms with Crippen LogP contribution >= 0.6 is 0 Å². The number of rotatable bonds is 2. The third-order valence-electron chi connectivity index (χ3n) is 0.697. The molecule has 0 spiro atoms. The van der Waals surface area contributed by atoms with Crippen LogP contribution in [0.3, 0.4) is 0 Å². The third kappa shape index (κ3) is 40.2. The van der Waals surface area contributed by atoms with Crippen LogP contribution in [-0.4, -0.2) is 5.21 Å².